The van der Waals surface area contributed by atoms with E-state index in [0.29, 0.717) is 0 Å². The van der Waals surface area contributed by atoms with Gasteiger partial charge in [-0.1, -0.05) is 104 Å². The molecule has 0 aromatic carbocycles. The third-order valence-corrected chi connectivity index (χ3v) is 3.18. The predicted octanol–water partition coefficient (Wildman–Crippen LogP) is 5.13. The average Bonchev–Trinajstić information content (AvgIpc) is 2.11. The van der Waals surface area contributed by atoms with Crippen molar-refractivity contribution < 1.29 is 13.3 Å². The summed E-state index contributed by atoms with van der Waals surface area (Å²) in [5.41, 5.74) is 0. The van der Waals surface area contributed by atoms with Crippen molar-refractivity contribution in [2.45, 2.75) is 11.4 Å². The number of hydrogen-bond donors (Lipinski definition) is 0. The Balaban J connectivity index is 4.30. The lowest BCUT2D eigenvalue weighted by Gasteiger charge is -2.21. The van der Waals surface area contributed by atoms with Gasteiger partial charge in [-0.2, -0.15) is 0 Å². The highest BCUT2D eigenvalue weighted by Crippen LogP contribution is 2.30. The largest absolute Gasteiger partial charge is 0.578 e. The van der Waals surface area contributed by atoms with Gasteiger partial charge >= 0.3 is 9.53 Å². The van der Waals surface area contributed by atoms with Crippen LogP contribution in [0.4, 0.5) is 0 Å². The van der Waals surface area contributed by atoms with Crippen LogP contribution in [-0.2, 0) is 13.3 Å². The second kappa shape index (κ2) is 9.11. The molecule has 13 heteroatoms. The molecule has 0 aliphatic heterocycles. The van der Waals surface area contributed by atoms with Gasteiger partial charge in [-0.3, -0.25) is 0 Å². The summed E-state index contributed by atoms with van der Waals surface area (Å²) in [6.07, 6.45) is 0. The summed E-state index contributed by atoms with van der Waals surface area (Å²) in [4.78, 5) is 0. The third kappa shape index (κ3) is 16.9. The SMILES string of the molecule is ClC(Cl)(Cl)CO[Si](OCC(Cl)(Cl)Cl)OCC(Cl)(Cl)Cl. The molecule has 0 aliphatic rings. The molecular formula is C6H6Cl9O3Si. The first-order valence-corrected chi connectivity index (χ1v) is 8.87. The zero-order valence-corrected chi connectivity index (χ0v) is 16.6. The summed E-state index contributed by atoms with van der Waals surface area (Å²) in [6, 6.07) is 0. The minimum atomic E-state index is -2.40. The van der Waals surface area contributed by atoms with Crippen LogP contribution in [0.25, 0.3) is 0 Å². The van der Waals surface area contributed by atoms with Crippen molar-refractivity contribution in [3.8, 4) is 0 Å². The maximum absolute atomic E-state index is 5.51. The molecule has 0 N–H and O–H groups in total. The normalized spacial score (nSPS) is 14.2. The highest BCUT2D eigenvalue weighted by atomic mass is 35.6. The topological polar surface area (TPSA) is 27.7 Å². The smallest absolute Gasteiger partial charge is 0.367 e. The van der Waals surface area contributed by atoms with E-state index in [1.165, 1.54) is 0 Å². The molecule has 0 amide bonds. The second-order valence-electron chi connectivity index (χ2n) is 2.96. The van der Waals surface area contributed by atoms with Crippen molar-refractivity contribution in [1.82, 2.24) is 0 Å². The second-order valence-corrected chi connectivity index (χ2v) is 11.9. The van der Waals surface area contributed by atoms with Gasteiger partial charge in [0.1, 0.15) is 0 Å². The first-order valence-electron chi connectivity index (χ1n) is 4.24. The molecule has 0 saturated carbocycles. The molecule has 0 bridgehead atoms. The monoisotopic (exact) mass is 469 g/mol. The standard InChI is InChI=1S/C6H6Cl9O3Si/c7-4(8,9)1-16-19(17-2-5(10,11)12)18-3-6(13,14)15/h1-3H2. The maximum Gasteiger partial charge on any atom is 0.578 e. The first-order chi connectivity index (χ1) is 8.29. The summed E-state index contributed by atoms with van der Waals surface area (Å²) in [5.74, 6) is 0. The van der Waals surface area contributed by atoms with E-state index in [1.54, 1.807) is 0 Å². The molecule has 0 unspecified atom stereocenters. The zero-order chi connectivity index (χ0) is 15.3. The van der Waals surface area contributed by atoms with Gasteiger partial charge in [0.25, 0.3) is 0 Å². The molecule has 0 heterocycles. The predicted molar refractivity (Wildman–Crippen MR) is 84.5 cm³/mol. The Labute approximate surface area is 157 Å². The molecule has 0 atom stereocenters. The van der Waals surface area contributed by atoms with E-state index >= 15 is 0 Å². The van der Waals surface area contributed by atoms with Crippen LogP contribution in [-0.4, -0.2) is 40.7 Å². The van der Waals surface area contributed by atoms with Gasteiger partial charge in [0, 0.05) is 0 Å². The average molecular weight is 473 g/mol. The Kier molecular flexibility index (Phi) is 10.4. The van der Waals surface area contributed by atoms with E-state index in [2.05, 4.69) is 0 Å². The molecule has 19 heavy (non-hydrogen) atoms. The van der Waals surface area contributed by atoms with E-state index in [9.17, 15) is 0 Å². The first kappa shape index (κ1) is 21.7. The van der Waals surface area contributed by atoms with Gasteiger partial charge in [-0.05, 0) is 0 Å². The summed E-state index contributed by atoms with van der Waals surface area (Å²) in [7, 11) is -2.40. The lowest BCUT2D eigenvalue weighted by molar-refractivity contribution is 0.0978. The van der Waals surface area contributed by atoms with Crippen molar-refractivity contribution in [3.05, 3.63) is 0 Å². The molecule has 0 spiro atoms. The van der Waals surface area contributed by atoms with Crippen LogP contribution in [0.3, 0.4) is 0 Å². The Bertz CT molecular complexity index is 217. The van der Waals surface area contributed by atoms with Crippen LogP contribution in [0.5, 0.6) is 0 Å². The van der Waals surface area contributed by atoms with Crippen LogP contribution >= 0.6 is 104 Å². The molecule has 3 nitrogen and oxygen atoms in total. The van der Waals surface area contributed by atoms with Crippen molar-refractivity contribution >= 4 is 114 Å². The number of halogens is 9. The van der Waals surface area contributed by atoms with Crippen molar-refractivity contribution in [1.29, 1.82) is 0 Å². The van der Waals surface area contributed by atoms with Gasteiger partial charge < -0.3 is 13.3 Å². The molecule has 0 aromatic heterocycles. The van der Waals surface area contributed by atoms with E-state index in [1.807, 2.05) is 0 Å². The quantitative estimate of drug-likeness (QED) is 0.396. The minimum absolute atomic E-state index is 0.300. The van der Waals surface area contributed by atoms with Gasteiger partial charge in [0.2, 0.25) is 11.4 Å². The Hall–Kier alpha value is 2.71. The summed E-state index contributed by atoms with van der Waals surface area (Å²) < 4.78 is 10.4. The van der Waals surface area contributed by atoms with Gasteiger partial charge in [0.05, 0.1) is 19.8 Å². The van der Waals surface area contributed by atoms with Gasteiger partial charge in [-0.25, -0.2) is 0 Å². The highest BCUT2D eigenvalue weighted by molar-refractivity contribution is 6.69. The molecule has 115 valence electrons. The summed E-state index contributed by atoms with van der Waals surface area (Å²) in [6.45, 7) is -0.900. The van der Waals surface area contributed by atoms with Crippen molar-refractivity contribution in [2.24, 2.45) is 0 Å². The van der Waals surface area contributed by atoms with E-state index < -0.39 is 20.9 Å². The van der Waals surface area contributed by atoms with Crippen LogP contribution in [0.1, 0.15) is 0 Å². The Morgan fingerprint density at radius 1 is 0.526 bits per heavy atom. The Morgan fingerprint density at radius 3 is 0.895 bits per heavy atom. The van der Waals surface area contributed by atoms with Crippen molar-refractivity contribution in [2.75, 3.05) is 19.8 Å². The number of alkyl halides is 9. The zero-order valence-electron chi connectivity index (χ0n) is 8.75. The number of rotatable bonds is 6. The molecular weight excluding hydrogens is 467 g/mol. The molecule has 0 aromatic rings. The lowest BCUT2D eigenvalue weighted by Crippen LogP contribution is -2.36. The number of hydrogen-bond acceptors (Lipinski definition) is 3. The highest BCUT2D eigenvalue weighted by Gasteiger charge is 2.33. The molecule has 0 aliphatic carbocycles. The van der Waals surface area contributed by atoms with Crippen LogP contribution < -0.4 is 0 Å². The van der Waals surface area contributed by atoms with E-state index in [-0.39, 0.29) is 19.8 Å². The van der Waals surface area contributed by atoms with Crippen LogP contribution in [0.2, 0.25) is 0 Å². The molecule has 0 rings (SSSR count). The maximum atomic E-state index is 5.51. The van der Waals surface area contributed by atoms with E-state index in [4.69, 9.17) is 118 Å². The molecule has 0 saturated heterocycles. The van der Waals surface area contributed by atoms with Crippen LogP contribution in [0, 0.1) is 0 Å². The van der Waals surface area contributed by atoms with Crippen LogP contribution in [0.15, 0.2) is 0 Å². The molecule has 0 fully saturated rings. The summed E-state index contributed by atoms with van der Waals surface area (Å²) in [5, 5.41) is 0. The Morgan fingerprint density at radius 2 is 0.737 bits per heavy atom. The third-order valence-electron chi connectivity index (χ3n) is 1.06. The van der Waals surface area contributed by atoms with E-state index in [0.717, 1.165) is 0 Å². The fourth-order valence-electron chi connectivity index (χ4n) is 0.547. The van der Waals surface area contributed by atoms with Gasteiger partial charge in [-0.15, -0.1) is 0 Å². The van der Waals surface area contributed by atoms with Crippen molar-refractivity contribution in [3.63, 3.8) is 0 Å². The fourth-order valence-corrected chi connectivity index (χ4v) is 3.11. The fraction of sp³-hybridized carbons (Fsp3) is 1.00. The van der Waals surface area contributed by atoms with Gasteiger partial charge in [0.15, 0.2) is 0 Å². The molecule has 1 radical (unpaired) electrons. The minimum Gasteiger partial charge on any atom is -0.367 e. The summed E-state index contributed by atoms with van der Waals surface area (Å²) >= 11 is 49.6. The lowest BCUT2D eigenvalue weighted by atomic mass is 10.8.